The van der Waals surface area contributed by atoms with Crippen molar-refractivity contribution < 1.29 is 9.53 Å². The maximum Gasteiger partial charge on any atom is 0.359 e. The Hall–Kier alpha value is -3.06. The Kier molecular flexibility index (Phi) is 4.58. The minimum absolute atomic E-state index is 0.0769. The van der Waals surface area contributed by atoms with Crippen LogP contribution in [0, 0.1) is 11.3 Å². The van der Waals surface area contributed by atoms with Crippen LogP contribution in [0.25, 0.3) is 5.57 Å². The van der Waals surface area contributed by atoms with E-state index < -0.39 is 5.97 Å². The highest BCUT2D eigenvalue weighted by atomic mass is 35.5. The largest absolute Gasteiger partial charge is 0.461 e. The number of hydrogen-bond acceptors (Lipinski definition) is 5. The molecule has 6 heteroatoms. The number of fused-ring (bicyclic) bond motifs is 1. The monoisotopic (exact) mass is 351 g/mol. The Bertz CT molecular complexity index is 943. The summed E-state index contributed by atoms with van der Waals surface area (Å²) in [7, 11) is 0. The fourth-order valence-corrected chi connectivity index (χ4v) is 3.02. The van der Waals surface area contributed by atoms with E-state index in [-0.39, 0.29) is 12.3 Å². The third-order valence-corrected chi connectivity index (χ3v) is 4.15. The van der Waals surface area contributed by atoms with Crippen molar-refractivity contribution in [3.05, 3.63) is 69.7 Å². The van der Waals surface area contributed by atoms with Crippen LogP contribution in [0.4, 0.5) is 0 Å². The highest BCUT2D eigenvalue weighted by Crippen LogP contribution is 2.41. The smallest absolute Gasteiger partial charge is 0.359 e. The zero-order valence-corrected chi connectivity index (χ0v) is 14.5. The molecule has 0 N–H and O–H groups in total. The summed E-state index contributed by atoms with van der Waals surface area (Å²) in [4.78, 5) is 11.9. The molecule has 0 saturated carbocycles. The third-order valence-electron chi connectivity index (χ3n) is 3.80. The average Bonchev–Trinajstić information content (AvgIpc) is 2.63. The predicted molar refractivity (Wildman–Crippen MR) is 95.0 cm³/mol. The number of hydrazone groups is 1. The van der Waals surface area contributed by atoms with Gasteiger partial charge in [-0.1, -0.05) is 47.7 Å². The van der Waals surface area contributed by atoms with E-state index in [4.69, 9.17) is 16.3 Å². The number of rotatable bonds is 3. The molecule has 0 amide bonds. The molecule has 124 valence electrons. The molecule has 0 unspecified atom stereocenters. The standard InChI is InChI=1S/C19H14ClN3O2/c1-3-25-19(24)15-9-10-16-14(11-21)12(2)17(18(20)23(16)22-15)13-7-5-4-6-8-13/h4-9H,3H2,1-2H3. The number of esters is 1. The Labute approximate surface area is 150 Å². The zero-order chi connectivity index (χ0) is 18.0. The maximum absolute atomic E-state index is 11.9. The molecule has 25 heavy (non-hydrogen) atoms. The maximum atomic E-state index is 11.9. The van der Waals surface area contributed by atoms with Gasteiger partial charge in [0.25, 0.3) is 0 Å². The van der Waals surface area contributed by atoms with Crippen LogP contribution in [0.15, 0.2) is 69.2 Å². The van der Waals surface area contributed by atoms with Gasteiger partial charge in [-0.3, -0.25) is 0 Å². The van der Waals surface area contributed by atoms with Gasteiger partial charge in [-0.25, -0.2) is 9.80 Å². The van der Waals surface area contributed by atoms with Gasteiger partial charge in [0.15, 0.2) is 5.71 Å². The topological polar surface area (TPSA) is 65.7 Å². The molecule has 1 aromatic rings. The molecule has 0 aliphatic carbocycles. The van der Waals surface area contributed by atoms with E-state index in [0.717, 1.165) is 11.1 Å². The molecule has 0 fully saturated rings. The van der Waals surface area contributed by atoms with Gasteiger partial charge >= 0.3 is 5.97 Å². The first kappa shape index (κ1) is 16.8. The molecule has 0 bridgehead atoms. The van der Waals surface area contributed by atoms with Crippen LogP contribution >= 0.6 is 11.6 Å². The first-order valence-corrected chi connectivity index (χ1v) is 8.05. The first-order valence-electron chi connectivity index (χ1n) is 7.68. The van der Waals surface area contributed by atoms with Gasteiger partial charge in [0.2, 0.25) is 0 Å². The lowest BCUT2D eigenvalue weighted by Gasteiger charge is -2.30. The van der Waals surface area contributed by atoms with E-state index in [0.29, 0.717) is 22.0 Å². The van der Waals surface area contributed by atoms with Crippen LogP contribution in [0.2, 0.25) is 0 Å². The summed E-state index contributed by atoms with van der Waals surface area (Å²) in [6, 6.07) is 11.7. The van der Waals surface area contributed by atoms with E-state index in [1.165, 1.54) is 11.1 Å². The highest BCUT2D eigenvalue weighted by Gasteiger charge is 2.32. The van der Waals surface area contributed by atoms with Crippen molar-refractivity contribution in [3.8, 4) is 6.07 Å². The molecule has 5 nitrogen and oxygen atoms in total. The number of nitriles is 1. The third kappa shape index (κ3) is 2.89. The van der Waals surface area contributed by atoms with E-state index >= 15 is 0 Å². The summed E-state index contributed by atoms with van der Waals surface area (Å²) in [5.74, 6) is -0.565. The lowest BCUT2D eigenvalue weighted by atomic mass is 9.92. The van der Waals surface area contributed by atoms with Crippen molar-refractivity contribution in [3.63, 3.8) is 0 Å². The number of allylic oxidation sites excluding steroid dienone is 2. The van der Waals surface area contributed by atoms with Crippen molar-refractivity contribution >= 4 is 28.9 Å². The average molecular weight is 352 g/mol. The van der Waals surface area contributed by atoms with Crippen LogP contribution in [-0.2, 0) is 9.53 Å². The Morgan fingerprint density at radius 3 is 2.76 bits per heavy atom. The SMILES string of the molecule is CCOC(=O)C1=NN2C(=C=C1)C(C#N)=C(C)C(c1ccccc1)=C2Cl. The van der Waals surface area contributed by atoms with Crippen LogP contribution in [0.3, 0.4) is 0 Å². The van der Waals surface area contributed by atoms with Crippen LogP contribution in [0.5, 0.6) is 0 Å². The van der Waals surface area contributed by atoms with Crippen molar-refractivity contribution in [2.75, 3.05) is 6.61 Å². The van der Waals surface area contributed by atoms with E-state index in [1.54, 1.807) is 6.92 Å². The quantitative estimate of drug-likeness (QED) is 0.473. The molecule has 2 aliphatic rings. The lowest BCUT2D eigenvalue weighted by molar-refractivity contribution is -0.135. The number of benzene rings is 1. The predicted octanol–water partition coefficient (Wildman–Crippen LogP) is 3.72. The van der Waals surface area contributed by atoms with Crippen molar-refractivity contribution in [2.24, 2.45) is 5.10 Å². The van der Waals surface area contributed by atoms with Gasteiger partial charge in [0.05, 0.1) is 12.2 Å². The molecule has 0 spiro atoms. The van der Waals surface area contributed by atoms with E-state index in [9.17, 15) is 10.1 Å². The molecule has 0 saturated heterocycles. The Balaban J connectivity index is 2.19. The second kappa shape index (κ2) is 6.82. The lowest BCUT2D eigenvalue weighted by Crippen LogP contribution is -2.27. The molecular weight excluding hydrogens is 338 g/mol. The molecule has 0 radical (unpaired) electrons. The van der Waals surface area contributed by atoms with Crippen LogP contribution in [-0.4, -0.2) is 23.3 Å². The van der Waals surface area contributed by atoms with Gasteiger partial charge in [0, 0.05) is 11.6 Å². The summed E-state index contributed by atoms with van der Waals surface area (Å²) in [5, 5.41) is 15.5. The van der Waals surface area contributed by atoms with Crippen LogP contribution < -0.4 is 0 Å². The summed E-state index contributed by atoms with van der Waals surface area (Å²) in [5.41, 5.74) is 6.12. The minimum Gasteiger partial charge on any atom is -0.461 e. The normalized spacial score (nSPS) is 16.2. The molecule has 2 aliphatic heterocycles. The molecule has 0 atom stereocenters. The molecular formula is C19H14ClN3O2. The minimum atomic E-state index is -0.565. The van der Waals surface area contributed by atoms with E-state index in [2.05, 4.69) is 16.9 Å². The van der Waals surface area contributed by atoms with E-state index in [1.807, 2.05) is 37.3 Å². The number of carbonyl (C=O) groups is 1. The molecule has 1 aromatic carbocycles. The zero-order valence-electron chi connectivity index (χ0n) is 13.7. The van der Waals surface area contributed by atoms with Gasteiger partial charge in [-0.15, -0.1) is 0 Å². The Morgan fingerprint density at radius 1 is 1.40 bits per heavy atom. The van der Waals surface area contributed by atoms with Crippen molar-refractivity contribution in [1.29, 1.82) is 5.26 Å². The fraction of sp³-hybridized carbons (Fsp3) is 0.158. The number of carbonyl (C=O) groups excluding carboxylic acids is 1. The fourth-order valence-electron chi connectivity index (χ4n) is 2.65. The molecule has 3 rings (SSSR count). The molecule has 2 heterocycles. The molecule has 0 aromatic heterocycles. The van der Waals surface area contributed by atoms with Gasteiger partial charge < -0.3 is 4.74 Å². The van der Waals surface area contributed by atoms with Crippen molar-refractivity contribution in [2.45, 2.75) is 13.8 Å². The Morgan fingerprint density at radius 2 is 2.12 bits per heavy atom. The van der Waals surface area contributed by atoms with Gasteiger partial charge in [0.1, 0.15) is 16.9 Å². The van der Waals surface area contributed by atoms with Crippen LogP contribution in [0.1, 0.15) is 19.4 Å². The van der Waals surface area contributed by atoms with Gasteiger partial charge in [-0.05, 0) is 25.0 Å². The first-order chi connectivity index (χ1) is 12.1. The second-order valence-corrected chi connectivity index (χ2v) is 5.66. The second-order valence-electron chi connectivity index (χ2n) is 5.30. The number of nitrogens with zero attached hydrogens (tertiary/aromatic N) is 3. The van der Waals surface area contributed by atoms with Crippen molar-refractivity contribution in [1.82, 2.24) is 5.01 Å². The summed E-state index contributed by atoms with van der Waals surface area (Å²) in [6.07, 6.45) is 1.41. The summed E-state index contributed by atoms with van der Waals surface area (Å²) in [6.45, 7) is 3.79. The number of ether oxygens (including phenoxy) is 1. The highest BCUT2D eigenvalue weighted by molar-refractivity contribution is 6.41. The summed E-state index contributed by atoms with van der Waals surface area (Å²) < 4.78 is 4.97. The summed E-state index contributed by atoms with van der Waals surface area (Å²) >= 11 is 6.58. The number of hydrogen-bond donors (Lipinski definition) is 0. The number of halogens is 1. The van der Waals surface area contributed by atoms with Gasteiger partial charge in [-0.2, -0.15) is 10.4 Å².